The van der Waals surface area contributed by atoms with Crippen molar-refractivity contribution in [2.75, 3.05) is 18.1 Å². The number of hydrogen-bond donors (Lipinski definition) is 0. The molecule has 4 rings (SSSR count). The number of thiophene rings is 1. The van der Waals surface area contributed by atoms with Gasteiger partial charge < -0.3 is 9.64 Å². The topological polar surface area (TPSA) is 42.4 Å². The van der Waals surface area contributed by atoms with Crippen molar-refractivity contribution >= 4 is 55.5 Å². The second-order valence-electron chi connectivity index (χ2n) is 7.16. The van der Waals surface area contributed by atoms with E-state index < -0.39 is 0 Å². The zero-order valence-corrected chi connectivity index (χ0v) is 18.8. The fraction of sp³-hybridized carbons (Fsp3) is 0.250. The van der Waals surface area contributed by atoms with Gasteiger partial charge in [0.15, 0.2) is 0 Å². The number of pyridine rings is 1. The molecule has 2 aromatic heterocycles. The molecule has 0 bridgehead atoms. The van der Waals surface area contributed by atoms with Gasteiger partial charge in [0.05, 0.1) is 17.0 Å². The maximum absolute atomic E-state index is 13.5. The number of fused-ring (bicyclic) bond motifs is 3. The van der Waals surface area contributed by atoms with Crippen molar-refractivity contribution in [3.63, 3.8) is 0 Å². The Morgan fingerprint density at radius 1 is 1.10 bits per heavy atom. The molecule has 0 aliphatic rings. The molecular weight excluding hydrogens is 416 g/mol. The van der Waals surface area contributed by atoms with Crippen molar-refractivity contribution in [2.24, 2.45) is 0 Å². The zero-order valence-electron chi connectivity index (χ0n) is 17.2. The van der Waals surface area contributed by atoms with E-state index in [1.54, 1.807) is 0 Å². The van der Waals surface area contributed by atoms with Crippen molar-refractivity contribution in [1.82, 2.24) is 4.98 Å². The van der Waals surface area contributed by atoms with Gasteiger partial charge in [-0.15, -0.1) is 11.3 Å². The van der Waals surface area contributed by atoms with Crippen LogP contribution in [0.5, 0.6) is 5.75 Å². The number of halogens is 1. The summed E-state index contributed by atoms with van der Waals surface area (Å²) in [6, 6.07) is 15.6. The number of rotatable bonds is 6. The minimum Gasteiger partial charge on any atom is -0.494 e. The highest BCUT2D eigenvalue weighted by Gasteiger charge is 2.21. The van der Waals surface area contributed by atoms with Gasteiger partial charge in [0.1, 0.15) is 10.9 Å². The van der Waals surface area contributed by atoms with Crippen LogP contribution >= 0.6 is 22.9 Å². The third-order valence-electron chi connectivity index (χ3n) is 4.93. The molecule has 0 spiro atoms. The van der Waals surface area contributed by atoms with E-state index in [-0.39, 0.29) is 5.91 Å². The molecule has 0 saturated heterocycles. The number of nitrogens with zero attached hydrogens (tertiary/aromatic N) is 2. The number of anilines is 1. The molecule has 4 nitrogen and oxygen atoms in total. The molecule has 30 heavy (non-hydrogen) atoms. The first kappa shape index (κ1) is 20.6. The average molecular weight is 439 g/mol. The highest BCUT2D eigenvalue weighted by atomic mass is 35.5. The summed E-state index contributed by atoms with van der Waals surface area (Å²) in [5, 5.41) is 2.28. The number of aryl methyl sites for hydroxylation is 1. The summed E-state index contributed by atoms with van der Waals surface area (Å²) in [5.74, 6) is 0.769. The van der Waals surface area contributed by atoms with Gasteiger partial charge in [-0.05, 0) is 62.7 Å². The van der Waals surface area contributed by atoms with Crippen LogP contribution in [-0.4, -0.2) is 24.0 Å². The Kier molecular flexibility index (Phi) is 5.93. The Bertz CT molecular complexity index is 1220. The van der Waals surface area contributed by atoms with Crippen LogP contribution in [-0.2, 0) is 0 Å². The summed E-state index contributed by atoms with van der Waals surface area (Å²) in [5.41, 5.74) is 2.85. The summed E-state index contributed by atoms with van der Waals surface area (Å²) in [4.78, 5) is 20.5. The monoisotopic (exact) mass is 438 g/mol. The van der Waals surface area contributed by atoms with Crippen molar-refractivity contribution in [2.45, 2.75) is 27.2 Å². The van der Waals surface area contributed by atoms with E-state index in [9.17, 15) is 4.79 Å². The number of carbonyl (C=O) groups excluding carboxylic acids is 1. The highest BCUT2D eigenvalue weighted by Crippen LogP contribution is 2.37. The summed E-state index contributed by atoms with van der Waals surface area (Å²) >= 11 is 7.93. The van der Waals surface area contributed by atoms with Crippen molar-refractivity contribution in [3.8, 4) is 5.75 Å². The minimum atomic E-state index is -0.0286. The van der Waals surface area contributed by atoms with Crippen LogP contribution < -0.4 is 9.64 Å². The maximum Gasteiger partial charge on any atom is 0.268 e. The summed E-state index contributed by atoms with van der Waals surface area (Å²) in [7, 11) is 0. The highest BCUT2D eigenvalue weighted by molar-refractivity contribution is 7.22. The second-order valence-corrected chi connectivity index (χ2v) is 8.57. The van der Waals surface area contributed by atoms with Gasteiger partial charge >= 0.3 is 0 Å². The van der Waals surface area contributed by atoms with Crippen molar-refractivity contribution in [3.05, 3.63) is 64.1 Å². The van der Waals surface area contributed by atoms with Crippen LogP contribution in [0.25, 0.3) is 21.0 Å². The van der Waals surface area contributed by atoms with Crippen molar-refractivity contribution < 1.29 is 9.53 Å². The number of ether oxygens (including phenoxy) is 1. The number of aromatic nitrogens is 1. The predicted octanol–water partition coefficient (Wildman–Crippen LogP) is 6.87. The summed E-state index contributed by atoms with van der Waals surface area (Å²) in [6.07, 6.45) is 0.855. The molecule has 0 radical (unpaired) electrons. The van der Waals surface area contributed by atoms with Gasteiger partial charge in [0, 0.05) is 27.7 Å². The van der Waals surface area contributed by atoms with Gasteiger partial charge in [-0.25, -0.2) is 4.98 Å². The van der Waals surface area contributed by atoms with E-state index in [2.05, 4.69) is 24.9 Å². The van der Waals surface area contributed by atoms with Crippen LogP contribution in [0.4, 0.5) is 5.69 Å². The molecule has 4 aromatic rings. The van der Waals surface area contributed by atoms with E-state index in [1.165, 1.54) is 11.3 Å². The lowest BCUT2D eigenvalue weighted by Crippen LogP contribution is -2.31. The van der Waals surface area contributed by atoms with E-state index in [1.807, 2.05) is 54.3 Å². The lowest BCUT2D eigenvalue weighted by Gasteiger charge is -2.22. The molecule has 1 amide bonds. The van der Waals surface area contributed by atoms with Crippen LogP contribution in [0.15, 0.2) is 48.5 Å². The fourth-order valence-corrected chi connectivity index (χ4v) is 4.97. The quantitative estimate of drug-likeness (QED) is 0.308. The summed E-state index contributed by atoms with van der Waals surface area (Å²) in [6.45, 7) is 7.31. The number of amides is 1. The Morgan fingerprint density at radius 2 is 1.87 bits per heavy atom. The van der Waals surface area contributed by atoms with Gasteiger partial charge in [0.25, 0.3) is 5.91 Å². The molecule has 0 atom stereocenters. The van der Waals surface area contributed by atoms with E-state index >= 15 is 0 Å². The van der Waals surface area contributed by atoms with Crippen LogP contribution in [0, 0.1) is 6.92 Å². The maximum atomic E-state index is 13.5. The first-order valence-electron chi connectivity index (χ1n) is 10.1. The normalized spacial score (nSPS) is 11.2. The lowest BCUT2D eigenvalue weighted by molar-refractivity contribution is 0.0991. The van der Waals surface area contributed by atoms with Gasteiger partial charge in [-0.1, -0.05) is 30.2 Å². The predicted molar refractivity (Wildman–Crippen MR) is 126 cm³/mol. The second kappa shape index (κ2) is 8.62. The van der Waals surface area contributed by atoms with Crippen LogP contribution in [0.1, 0.15) is 35.5 Å². The average Bonchev–Trinajstić information content (AvgIpc) is 3.20. The molecule has 0 fully saturated rings. The van der Waals surface area contributed by atoms with E-state index in [4.69, 9.17) is 16.3 Å². The zero-order chi connectivity index (χ0) is 21.3. The molecule has 0 N–H and O–H groups in total. The third kappa shape index (κ3) is 3.87. The Labute approximate surface area is 185 Å². The van der Waals surface area contributed by atoms with Crippen LogP contribution in [0.3, 0.4) is 0 Å². The molecule has 2 aromatic carbocycles. The third-order valence-corrected chi connectivity index (χ3v) is 6.38. The Hall–Kier alpha value is -2.63. The SMILES string of the molecule is CCCN(C(=O)c1cc2c(Cl)nc3ccc(C)cc3c2s1)c1ccc(OCC)cc1. The first-order valence-corrected chi connectivity index (χ1v) is 11.3. The Morgan fingerprint density at radius 3 is 2.57 bits per heavy atom. The minimum absolute atomic E-state index is 0.0286. The van der Waals surface area contributed by atoms with Crippen molar-refractivity contribution in [1.29, 1.82) is 0 Å². The Balaban J connectivity index is 1.77. The number of benzene rings is 2. The number of carbonyl (C=O) groups is 1. The fourth-order valence-electron chi connectivity index (χ4n) is 3.54. The van der Waals surface area contributed by atoms with E-state index in [0.29, 0.717) is 23.2 Å². The van der Waals surface area contributed by atoms with Gasteiger partial charge in [-0.2, -0.15) is 0 Å². The largest absolute Gasteiger partial charge is 0.494 e. The first-order chi connectivity index (χ1) is 14.5. The standard InChI is InChI=1S/C24H23ClN2O2S/c1-4-12-27(16-7-9-17(10-8-16)29-5-2)24(28)21-14-19-22(30-21)18-13-15(3)6-11-20(18)26-23(19)25/h6-11,13-14H,4-5,12H2,1-3H3. The molecule has 0 saturated carbocycles. The van der Waals surface area contributed by atoms with Crippen LogP contribution in [0.2, 0.25) is 5.15 Å². The molecule has 2 heterocycles. The van der Waals surface area contributed by atoms with Gasteiger partial charge in [-0.3, -0.25) is 4.79 Å². The van der Waals surface area contributed by atoms with E-state index in [0.717, 1.165) is 44.4 Å². The molecule has 154 valence electrons. The molecule has 0 unspecified atom stereocenters. The summed E-state index contributed by atoms with van der Waals surface area (Å²) < 4.78 is 6.53. The molecular formula is C24H23ClN2O2S. The number of hydrogen-bond acceptors (Lipinski definition) is 4. The van der Waals surface area contributed by atoms with Gasteiger partial charge in [0.2, 0.25) is 0 Å². The smallest absolute Gasteiger partial charge is 0.268 e. The lowest BCUT2D eigenvalue weighted by atomic mass is 10.1. The molecule has 0 aliphatic heterocycles. The molecule has 6 heteroatoms. The molecule has 0 aliphatic carbocycles.